The second kappa shape index (κ2) is 8.91. The fourth-order valence-electron chi connectivity index (χ4n) is 3.82. The number of piperidine rings is 1. The smallest absolute Gasteiger partial charge is 0.243 e. The molecular weight excluding hydrogens is 430 g/mol. The molecule has 9 heteroatoms. The molecule has 170 valence electrons. The molecule has 0 unspecified atom stereocenters. The summed E-state index contributed by atoms with van der Waals surface area (Å²) >= 11 is 0. The van der Waals surface area contributed by atoms with Crippen molar-refractivity contribution < 1.29 is 22.4 Å². The normalized spacial score (nSPS) is 15.6. The van der Waals surface area contributed by atoms with Crippen LogP contribution in [-0.2, 0) is 10.0 Å². The molecule has 2 heterocycles. The number of benzene rings is 2. The van der Waals surface area contributed by atoms with Crippen LogP contribution >= 0.6 is 0 Å². The van der Waals surface area contributed by atoms with E-state index in [0.29, 0.717) is 54.0 Å². The Morgan fingerprint density at radius 3 is 2.22 bits per heavy atom. The molecule has 2 aromatic carbocycles. The number of hydrogen-bond donors (Lipinski definition) is 0. The molecule has 0 aliphatic carbocycles. The molecule has 4 rings (SSSR count). The molecule has 0 saturated carbocycles. The van der Waals surface area contributed by atoms with Crippen LogP contribution in [0.3, 0.4) is 0 Å². The Kier molecular flexibility index (Phi) is 6.21. The Hall–Kier alpha value is -2.91. The summed E-state index contributed by atoms with van der Waals surface area (Å²) in [5.74, 6) is 2.24. The Morgan fingerprint density at radius 1 is 0.969 bits per heavy atom. The van der Waals surface area contributed by atoms with E-state index in [1.54, 1.807) is 32.4 Å². The van der Waals surface area contributed by atoms with Gasteiger partial charge in [-0.1, -0.05) is 11.2 Å². The van der Waals surface area contributed by atoms with Crippen LogP contribution in [0.15, 0.2) is 45.8 Å². The molecule has 1 fully saturated rings. The summed E-state index contributed by atoms with van der Waals surface area (Å²) in [6.45, 7) is 4.71. The van der Waals surface area contributed by atoms with Gasteiger partial charge in [-0.2, -0.15) is 9.29 Å². The average Bonchev–Trinajstić information content (AvgIpc) is 3.31. The number of methoxy groups -OCH3 is 2. The van der Waals surface area contributed by atoms with E-state index < -0.39 is 10.0 Å². The fourth-order valence-corrected chi connectivity index (χ4v) is 5.38. The largest absolute Gasteiger partial charge is 0.497 e. The summed E-state index contributed by atoms with van der Waals surface area (Å²) in [4.78, 5) is 4.90. The van der Waals surface area contributed by atoms with Crippen LogP contribution in [0.4, 0.5) is 0 Å². The molecule has 0 bridgehead atoms. The lowest BCUT2D eigenvalue weighted by atomic mass is 9.98. The first-order valence-electron chi connectivity index (χ1n) is 10.5. The minimum Gasteiger partial charge on any atom is -0.497 e. The minimum absolute atomic E-state index is 0.00922. The molecule has 1 aromatic heterocycles. The van der Waals surface area contributed by atoms with Crippen LogP contribution in [0, 0.1) is 13.8 Å². The molecule has 1 aliphatic heterocycles. The summed E-state index contributed by atoms with van der Waals surface area (Å²) in [5.41, 5.74) is 2.77. The number of ether oxygens (including phenoxy) is 2. The monoisotopic (exact) mass is 457 g/mol. The summed E-state index contributed by atoms with van der Waals surface area (Å²) in [6, 6.07) is 10.7. The molecule has 0 N–H and O–H groups in total. The lowest BCUT2D eigenvalue weighted by Gasteiger charge is -2.29. The van der Waals surface area contributed by atoms with E-state index in [0.717, 1.165) is 16.7 Å². The molecule has 1 aliphatic rings. The maximum atomic E-state index is 13.1. The van der Waals surface area contributed by atoms with E-state index >= 15 is 0 Å². The summed E-state index contributed by atoms with van der Waals surface area (Å²) in [5, 5.41) is 4.12. The van der Waals surface area contributed by atoms with E-state index in [1.165, 1.54) is 4.31 Å². The first-order valence-corrected chi connectivity index (χ1v) is 11.9. The predicted molar refractivity (Wildman–Crippen MR) is 119 cm³/mol. The standard InChI is InChI=1S/C23H27N3O5S/c1-15-5-6-21(11-16(15)2)32(27,28)26-9-7-17(8-10-26)23-24-22(25-31-23)18-12-19(29-3)14-20(13-18)30-4/h5-6,11-14,17H,7-10H2,1-4H3. The number of rotatable bonds is 6. The average molecular weight is 458 g/mol. The van der Waals surface area contributed by atoms with Crippen LogP contribution in [0.2, 0.25) is 0 Å². The first kappa shape index (κ1) is 22.3. The van der Waals surface area contributed by atoms with Gasteiger partial charge in [-0.05, 0) is 62.1 Å². The third kappa shape index (κ3) is 4.35. The highest BCUT2D eigenvalue weighted by Gasteiger charge is 2.32. The highest BCUT2D eigenvalue weighted by Crippen LogP contribution is 2.33. The van der Waals surface area contributed by atoms with Crippen LogP contribution in [0.1, 0.15) is 35.8 Å². The number of aromatic nitrogens is 2. The number of nitrogens with zero attached hydrogens (tertiary/aromatic N) is 3. The molecule has 8 nitrogen and oxygen atoms in total. The summed E-state index contributed by atoms with van der Waals surface area (Å²) < 4.78 is 43.8. The second-order valence-electron chi connectivity index (χ2n) is 7.98. The van der Waals surface area contributed by atoms with Crippen LogP contribution in [0.5, 0.6) is 11.5 Å². The Balaban J connectivity index is 1.47. The van der Waals surface area contributed by atoms with Gasteiger partial charge in [-0.15, -0.1) is 0 Å². The van der Waals surface area contributed by atoms with Crippen LogP contribution < -0.4 is 9.47 Å². The first-order chi connectivity index (χ1) is 15.3. The molecule has 0 amide bonds. The van der Waals surface area contributed by atoms with E-state index in [2.05, 4.69) is 10.1 Å². The van der Waals surface area contributed by atoms with E-state index in [9.17, 15) is 8.42 Å². The van der Waals surface area contributed by atoms with Gasteiger partial charge in [0.05, 0.1) is 19.1 Å². The molecule has 3 aromatic rings. The zero-order valence-electron chi connectivity index (χ0n) is 18.7. The fraction of sp³-hybridized carbons (Fsp3) is 0.391. The number of aryl methyl sites for hydroxylation is 2. The van der Waals surface area contributed by atoms with Gasteiger partial charge in [0.15, 0.2) is 0 Å². The zero-order chi connectivity index (χ0) is 22.9. The lowest BCUT2D eigenvalue weighted by molar-refractivity contribution is 0.271. The molecule has 0 radical (unpaired) electrons. The predicted octanol–water partition coefficient (Wildman–Crippen LogP) is 3.94. The maximum Gasteiger partial charge on any atom is 0.243 e. The SMILES string of the molecule is COc1cc(OC)cc(-c2noc(C3CCN(S(=O)(=O)c4ccc(C)c(C)c4)CC3)n2)c1. The highest BCUT2D eigenvalue weighted by molar-refractivity contribution is 7.89. The van der Waals surface area contributed by atoms with Crippen molar-refractivity contribution in [2.75, 3.05) is 27.3 Å². The lowest BCUT2D eigenvalue weighted by Crippen LogP contribution is -2.38. The second-order valence-corrected chi connectivity index (χ2v) is 9.92. The van der Waals surface area contributed by atoms with E-state index in [1.807, 2.05) is 32.0 Å². The Bertz CT molecular complexity index is 1190. The molecule has 32 heavy (non-hydrogen) atoms. The van der Waals surface area contributed by atoms with E-state index in [-0.39, 0.29) is 5.92 Å². The van der Waals surface area contributed by atoms with Gasteiger partial charge in [-0.3, -0.25) is 0 Å². The van der Waals surface area contributed by atoms with Crippen molar-refractivity contribution in [3.05, 3.63) is 53.4 Å². The maximum absolute atomic E-state index is 13.1. The van der Waals surface area contributed by atoms with Gasteiger partial charge in [0, 0.05) is 30.6 Å². The Morgan fingerprint density at radius 2 is 1.62 bits per heavy atom. The van der Waals surface area contributed by atoms with Crippen LogP contribution in [0.25, 0.3) is 11.4 Å². The van der Waals surface area contributed by atoms with Crippen molar-refractivity contribution in [1.82, 2.24) is 14.4 Å². The van der Waals surface area contributed by atoms with Gasteiger partial charge < -0.3 is 14.0 Å². The van der Waals surface area contributed by atoms with Gasteiger partial charge in [0.25, 0.3) is 0 Å². The van der Waals surface area contributed by atoms with Gasteiger partial charge >= 0.3 is 0 Å². The summed E-state index contributed by atoms with van der Waals surface area (Å²) in [7, 11) is -0.355. The molecule has 1 saturated heterocycles. The van der Waals surface area contributed by atoms with Gasteiger partial charge in [-0.25, -0.2) is 8.42 Å². The Labute approximate surface area is 188 Å². The third-order valence-electron chi connectivity index (χ3n) is 5.97. The van der Waals surface area contributed by atoms with Crippen molar-refractivity contribution >= 4 is 10.0 Å². The van der Waals surface area contributed by atoms with Crippen LogP contribution in [-0.4, -0.2) is 50.2 Å². The third-order valence-corrected chi connectivity index (χ3v) is 7.87. The molecular formula is C23H27N3O5S. The summed E-state index contributed by atoms with van der Waals surface area (Å²) in [6.07, 6.45) is 1.24. The van der Waals surface area contributed by atoms with Crippen molar-refractivity contribution in [2.45, 2.75) is 37.5 Å². The van der Waals surface area contributed by atoms with Gasteiger partial charge in [0.1, 0.15) is 11.5 Å². The molecule has 0 spiro atoms. The molecule has 0 atom stereocenters. The van der Waals surface area contributed by atoms with Crippen molar-refractivity contribution in [2.24, 2.45) is 0 Å². The number of hydrogen-bond acceptors (Lipinski definition) is 7. The topological polar surface area (TPSA) is 94.8 Å². The van der Waals surface area contributed by atoms with E-state index in [4.69, 9.17) is 14.0 Å². The van der Waals surface area contributed by atoms with Crippen molar-refractivity contribution in [1.29, 1.82) is 0 Å². The quantitative estimate of drug-likeness (QED) is 0.553. The van der Waals surface area contributed by atoms with Crippen molar-refractivity contribution in [3.8, 4) is 22.9 Å². The number of sulfonamides is 1. The van der Waals surface area contributed by atoms with Crippen molar-refractivity contribution in [3.63, 3.8) is 0 Å². The zero-order valence-corrected chi connectivity index (χ0v) is 19.5. The highest BCUT2D eigenvalue weighted by atomic mass is 32.2. The minimum atomic E-state index is -3.52. The van der Waals surface area contributed by atoms with Gasteiger partial charge in [0.2, 0.25) is 21.7 Å².